The van der Waals surface area contributed by atoms with E-state index in [2.05, 4.69) is 0 Å². The van der Waals surface area contributed by atoms with Crippen molar-refractivity contribution in [2.45, 2.75) is 98.5 Å². The van der Waals surface area contributed by atoms with Gasteiger partial charge in [0.2, 0.25) is 18.3 Å². The topological polar surface area (TPSA) is 442 Å². The van der Waals surface area contributed by atoms with Gasteiger partial charge in [0.05, 0.1) is 26.4 Å². The van der Waals surface area contributed by atoms with Crippen LogP contribution < -0.4 is 18.9 Å². The summed E-state index contributed by atoms with van der Waals surface area (Å²) in [4.78, 5) is 49.6. The number of carboxylic acids is 1. The van der Waals surface area contributed by atoms with Gasteiger partial charge < -0.3 is 123 Å². The number of carbonyl (C=O) groups is 4. The van der Waals surface area contributed by atoms with Crippen molar-refractivity contribution in [2.75, 3.05) is 34.0 Å². The first kappa shape index (κ1) is 61.6. The fourth-order valence-corrected chi connectivity index (χ4v) is 8.88. The Balaban J connectivity index is 1.14. The maximum Gasteiger partial charge on any atom is 0.331 e. The number of benzene rings is 4. The summed E-state index contributed by atoms with van der Waals surface area (Å²) in [5.74, 6) is -8.16. The minimum Gasteiger partial charge on any atom is -0.508 e. The average Bonchev–Trinajstić information content (AvgIpc) is 2.29. The Bertz CT molecular complexity index is 3080. The molecule has 8 rings (SSSR count). The van der Waals surface area contributed by atoms with Crippen molar-refractivity contribution in [3.8, 4) is 51.7 Å². The number of phenols is 5. The van der Waals surface area contributed by atoms with E-state index in [9.17, 15) is 80.5 Å². The predicted octanol–water partition coefficient (Wildman–Crippen LogP) is -0.281. The number of aromatic hydroxyl groups is 5. The van der Waals surface area contributed by atoms with E-state index in [1.165, 1.54) is 74.9 Å². The summed E-state index contributed by atoms with van der Waals surface area (Å²) in [7, 11) is 2.55. The number of fused-ring (bicyclic) bond motifs is 1. The minimum atomic E-state index is -2.16. The number of phenolic OH excluding ortho intramolecular Hbond substituents is 5. The molecule has 3 saturated heterocycles. The van der Waals surface area contributed by atoms with Gasteiger partial charge in [-0.3, -0.25) is 9.59 Å². The van der Waals surface area contributed by atoms with Gasteiger partial charge in [-0.15, -0.1) is 0 Å². The van der Waals surface area contributed by atoms with Gasteiger partial charge in [-0.25, -0.2) is 9.59 Å². The quantitative estimate of drug-likeness (QED) is 0.0178. The van der Waals surface area contributed by atoms with Crippen molar-refractivity contribution in [1.29, 1.82) is 0 Å². The van der Waals surface area contributed by atoms with Crippen molar-refractivity contribution in [3.63, 3.8) is 0 Å². The largest absolute Gasteiger partial charge is 0.508 e. The number of aliphatic carboxylic acids is 1. The molecule has 29 heteroatoms. The van der Waals surface area contributed by atoms with Crippen LogP contribution in [0.1, 0.15) is 34.8 Å². The molecule has 13 N–H and O–H groups in total. The molecular formula is C55H58O29. The van der Waals surface area contributed by atoms with E-state index in [1.54, 1.807) is 0 Å². The molecular weight excluding hydrogens is 1120 g/mol. The molecule has 3 fully saturated rings. The molecule has 0 amide bonds. The first-order valence-electron chi connectivity index (χ1n) is 25.3. The van der Waals surface area contributed by atoms with E-state index in [1.807, 2.05) is 0 Å². The maximum absolute atomic E-state index is 13.5. The predicted molar refractivity (Wildman–Crippen MR) is 276 cm³/mol. The SMILES string of the molecule is COc1cc(/C=C/C(=O)O[C@@H]2[C@H](O[C@H]3[C@H](OC4=Cc5c(cc(O)cc5O[C@@H]5O[C@@H](COC(=O)CC(=O)O)[C@@H](O)[C@H](O)[C@H]5O)OC4c4ccc(O)c(O)c4)O[C@H](COC(=O)/C=C/c4ccc(O)cc4)[C@@H](O)[C@@H]3O)OC[C@@H](O)[C@@H]2O)cc(OC)c1O. The maximum atomic E-state index is 13.5. The highest BCUT2D eigenvalue weighted by Gasteiger charge is 2.53. The monoisotopic (exact) mass is 1180 g/mol. The molecule has 0 aromatic heterocycles. The zero-order valence-corrected chi connectivity index (χ0v) is 44.1. The zero-order valence-electron chi connectivity index (χ0n) is 44.1. The van der Waals surface area contributed by atoms with Gasteiger partial charge >= 0.3 is 23.9 Å². The van der Waals surface area contributed by atoms with Crippen LogP contribution in [0, 0.1) is 0 Å². The second-order valence-electron chi connectivity index (χ2n) is 19.1. The van der Waals surface area contributed by atoms with Crippen LogP contribution in [0.3, 0.4) is 0 Å². The van der Waals surface area contributed by atoms with E-state index >= 15 is 0 Å². The third kappa shape index (κ3) is 14.5. The minimum absolute atomic E-state index is 0.00754. The average molecular weight is 1180 g/mol. The molecule has 15 atom stereocenters. The van der Waals surface area contributed by atoms with Gasteiger partial charge in [-0.2, -0.15) is 0 Å². The van der Waals surface area contributed by atoms with Crippen LogP contribution in [0.5, 0.6) is 51.7 Å². The lowest BCUT2D eigenvalue weighted by Gasteiger charge is -2.45. The highest BCUT2D eigenvalue weighted by molar-refractivity contribution is 5.90. The first-order valence-corrected chi connectivity index (χ1v) is 25.3. The van der Waals surface area contributed by atoms with E-state index in [-0.39, 0.29) is 45.4 Å². The number of ether oxygens (including phenoxy) is 12. The van der Waals surface area contributed by atoms with Gasteiger partial charge in [0, 0.05) is 29.8 Å². The summed E-state index contributed by atoms with van der Waals surface area (Å²) in [6.07, 6.45) is -24.1. The molecule has 0 saturated carbocycles. The Kier molecular flexibility index (Phi) is 19.7. The smallest absolute Gasteiger partial charge is 0.331 e. The van der Waals surface area contributed by atoms with Gasteiger partial charge in [-0.1, -0.05) is 18.2 Å². The number of hydrogen-bond donors (Lipinski definition) is 13. The standard InChI is InChI=1S/C55H58O29/c1-73-34-13-24(14-35(74-2)44(34)67)6-12-41(64)83-51-43(66)31(60)20-77-54(51)84-52-48(71)46(69)38(21-75-40(63)11-5-23-3-8-26(56)9-4-23)82-55(52)80-36-18-28-32(78-50(36)25-7-10-29(58)30(59)15-25)16-27(57)17-33(28)79-53-49(72)47(70)45(68)37(81-53)22-76-42(65)19-39(61)62/h3-18,31,37-38,43,45-60,66-72H,19-22H2,1-2H3,(H,61,62)/b11-5+,12-6+/t31-,37+,38-,43+,45-,46-,47+,48+,49-,50?,51+,52-,53-,54+,55-/m1/s1. The van der Waals surface area contributed by atoms with Gasteiger partial charge in [0.15, 0.2) is 47.6 Å². The van der Waals surface area contributed by atoms with Crippen molar-refractivity contribution in [2.24, 2.45) is 0 Å². The molecule has 1 unspecified atom stereocenters. The third-order valence-electron chi connectivity index (χ3n) is 13.3. The number of rotatable bonds is 20. The van der Waals surface area contributed by atoms with Gasteiger partial charge in [-0.05, 0) is 65.8 Å². The van der Waals surface area contributed by atoms with Crippen LogP contribution in [0.2, 0.25) is 0 Å². The van der Waals surface area contributed by atoms with E-state index in [0.717, 1.165) is 36.4 Å². The Hall–Kier alpha value is -8.46. The van der Waals surface area contributed by atoms with E-state index in [4.69, 9.17) is 61.9 Å². The molecule has 0 bridgehead atoms. The Morgan fingerprint density at radius 3 is 1.92 bits per heavy atom. The summed E-state index contributed by atoms with van der Waals surface area (Å²) < 4.78 is 68.7. The molecule has 29 nitrogen and oxygen atoms in total. The zero-order chi connectivity index (χ0) is 60.7. The summed E-state index contributed by atoms with van der Waals surface area (Å²) in [5, 5.41) is 139. The Morgan fingerprint density at radius 2 is 1.25 bits per heavy atom. The van der Waals surface area contributed by atoms with Crippen LogP contribution in [0.15, 0.2) is 84.6 Å². The summed E-state index contributed by atoms with van der Waals surface area (Å²) in [5.41, 5.74) is 0.584. The number of aliphatic hydroxyl groups excluding tert-OH is 7. The van der Waals surface area contributed by atoms with Crippen LogP contribution in [0.4, 0.5) is 0 Å². The van der Waals surface area contributed by atoms with Crippen molar-refractivity contribution < 1.29 is 142 Å². The number of hydrogen-bond acceptors (Lipinski definition) is 28. The number of esters is 3. The van der Waals surface area contributed by atoms with Gasteiger partial charge in [0.25, 0.3) is 0 Å². The molecule has 0 aliphatic carbocycles. The van der Waals surface area contributed by atoms with Crippen LogP contribution in [0.25, 0.3) is 18.2 Å². The van der Waals surface area contributed by atoms with Crippen molar-refractivity contribution >= 4 is 42.1 Å². The van der Waals surface area contributed by atoms with Crippen LogP contribution in [-0.4, -0.2) is 210 Å². The van der Waals surface area contributed by atoms with E-state index in [0.29, 0.717) is 5.56 Å². The molecule has 0 radical (unpaired) electrons. The van der Waals surface area contributed by atoms with Crippen molar-refractivity contribution in [3.05, 3.63) is 107 Å². The molecule has 4 heterocycles. The van der Waals surface area contributed by atoms with Crippen LogP contribution in [-0.2, 0) is 57.1 Å². The van der Waals surface area contributed by atoms with E-state index < -0.39 is 171 Å². The molecule has 84 heavy (non-hydrogen) atoms. The normalized spacial score (nSPS) is 28.5. The first-order chi connectivity index (χ1) is 40.0. The molecule has 4 aromatic rings. The molecule has 4 aliphatic rings. The van der Waals surface area contributed by atoms with Crippen molar-refractivity contribution in [1.82, 2.24) is 0 Å². The van der Waals surface area contributed by atoms with Crippen LogP contribution >= 0.6 is 0 Å². The Morgan fingerprint density at radius 1 is 0.607 bits per heavy atom. The van der Waals surface area contributed by atoms with Gasteiger partial charge in [0.1, 0.15) is 103 Å². The molecule has 4 aliphatic heterocycles. The Labute approximate surface area is 474 Å². The molecule has 4 aromatic carbocycles. The number of methoxy groups -OCH3 is 2. The highest BCUT2D eigenvalue weighted by Crippen LogP contribution is 2.47. The summed E-state index contributed by atoms with van der Waals surface area (Å²) in [6, 6.07) is 13.9. The number of carbonyl (C=O) groups excluding carboxylic acids is 3. The fourth-order valence-electron chi connectivity index (χ4n) is 8.88. The lowest BCUT2D eigenvalue weighted by atomic mass is 9.97. The summed E-state index contributed by atoms with van der Waals surface area (Å²) >= 11 is 0. The lowest BCUT2D eigenvalue weighted by Crippen LogP contribution is -2.63. The summed E-state index contributed by atoms with van der Waals surface area (Å²) in [6.45, 7) is -2.30. The third-order valence-corrected chi connectivity index (χ3v) is 13.3. The number of carboxylic acid groups (broad SMARTS) is 1. The second-order valence-corrected chi connectivity index (χ2v) is 19.1. The fraction of sp³-hybridized carbons (Fsp3) is 0.382. The lowest BCUT2D eigenvalue weighted by molar-refractivity contribution is -0.353. The number of aliphatic hydroxyl groups is 7. The second kappa shape index (κ2) is 26.8. The molecule has 452 valence electrons. The highest BCUT2D eigenvalue weighted by atomic mass is 16.8. The molecule has 0 spiro atoms.